The molecule has 1 rings (SSSR count). The van der Waals surface area contributed by atoms with Gasteiger partial charge in [0, 0.05) is 19.1 Å². The van der Waals surface area contributed by atoms with Crippen LogP contribution in [0.25, 0.3) is 0 Å². The molecule has 0 bridgehead atoms. The van der Waals surface area contributed by atoms with Gasteiger partial charge in [0.25, 0.3) is 0 Å². The average Bonchev–Trinajstić information content (AvgIpc) is 2.16. The molecule has 90 valence electrons. The van der Waals surface area contributed by atoms with Crippen molar-refractivity contribution in [2.24, 2.45) is 11.7 Å². The summed E-state index contributed by atoms with van der Waals surface area (Å²) in [7, 11) is -3.13. The number of nitrogens with two attached hydrogens (primary N) is 1. The molecule has 0 saturated carbocycles. The van der Waals surface area contributed by atoms with E-state index in [2.05, 4.69) is 6.92 Å². The van der Waals surface area contributed by atoms with Gasteiger partial charge >= 0.3 is 0 Å². The predicted octanol–water partition coefficient (Wildman–Crippen LogP) is 0.784. The maximum atomic E-state index is 12.0. The quantitative estimate of drug-likeness (QED) is 0.785. The summed E-state index contributed by atoms with van der Waals surface area (Å²) in [4.78, 5) is 0. The molecule has 0 aromatic rings. The van der Waals surface area contributed by atoms with Crippen molar-refractivity contribution >= 4 is 10.0 Å². The van der Waals surface area contributed by atoms with Gasteiger partial charge in [-0.2, -0.15) is 4.31 Å². The van der Waals surface area contributed by atoms with Gasteiger partial charge in [0.1, 0.15) is 0 Å². The molecule has 0 aromatic carbocycles. The molecular formula is C10H22N2O2S. The van der Waals surface area contributed by atoms with Crippen molar-refractivity contribution in [2.45, 2.75) is 44.9 Å². The minimum atomic E-state index is -3.13. The zero-order valence-electron chi connectivity index (χ0n) is 9.81. The Kier molecular flexibility index (Phi) is 4.14. The second-order valence-electron chi connectivity index (χ2n) is 4.72. The largest absolute Gasteiger partial charge is 0.329 e. The van der Waals surface area contributed by atoms with Crippen LogP contribution in [0.3, 0.4) is 0 Å². The normalized spacial score (nSPS) is 29.7. The van der Waals surface area contributed by atoms with Gasteiger partial charge < -0.3 is 5.73 Å². The first-order chi connectivity index (χ1) is 6.89. The van der Waals surface area contributed by atoms with Crippen molar-refractivity contribution in [3.8, 4) is 0 Å². The number of nitrogens with zero attached hydrogens (tertiary/aromatic N) is 1. The van der Waals surface area contributed by atoms with Crippen LogP contribution in [0.1, 0.15) is 33.6 Å². The van der Waals surface area contributed by atoms with Crippen LogP contribution in [-0.2, 0) is 10.0 Å². The predicted molar refractivity (Wildman–Crippen MR) is 62.0 cm³/mol. The highest BCUT2D eigenvalue weighted by Gasteiger charge is 2.35. The van der Waals surface area contributed by atoms with E-state index in [0.717, 1.165) is 12.8 Å². The summed E-state index contributed by atoms with van der Waals surface area (Å²) >= 11 is 0. The molecule has 1 heterocycles. The molecule has 0 amide bonds. The molecule has 1 saturated heterocycles. The number of sulfonamides is 1. The van der Waals surface area contributed by atoms with E-state index in [9.17, 15) is 8.42 Å². The average molecular weight is 234 g/mol. The summed E-state index contributed by atoms with van der Waals surface area (Å²) in [6.07, 6.45) is 1.84. The zero-order valence-corrected chi connectivity index (χ0v) is 10.6. The summed E-state index contributed by atoms with van der Waals surface area (Å²) in [5.74, 6) is 0.581. The Hall–Kier alpha value is -0.130. The Bertz CT molecular complexity index is 301. The van der Waals surface area contributed by atoms with E-state index in [1.807, 2.05) is 0 Å². The topological polar surface area (TPSA) is 63.4 Å². The van der Waals surface area contributed by atoms with E-state index >= 15 is 0 Å². The second-order valence-corrected chi connectivity index (χ2v) is 7.17. The fraction of sp³-hybridized carbons (Fsp3) is 1.00. The molecular weight excluding hydrogens is 212 g/mol. The van der Waals surface area contributed by atoms with E-state index in [1.54, 1.807) is 18.2 Å². The Morgan fingerprint density at radius 2 is 2.07 bits per heavy atom. The van der Waals surface area contributed by atoms with Crippen molar-refractivity contribution in [2.75, 3.05) is 13.1 Å². The molecule has 0 spiro atoms. The van der Waals surface area contributed by atoms with Crippen molar-refractivity contribution < 1.29 is 8.42 Å². The van der Waals surface area contributed by atoms with Crippen LogP contribution in [0.2, 0.25) is 0 Å². The SMILES string of the molecule is CC1CCN(S(=O)(=O)C(C)C)C(CN)C1. The molecule has 1 fully saturated rings. The lowest BCUT2D eigenvalue weighted by atomic mass is 9.94. The smallest absolute Gasteiger partial charge is 0.216 e. The highest BCUT2D eigenvalue weighted by Crippen LogP contribution is 2.25. The number of piperidine rings is 1. The number of hydrogen-bond donors (Lipinski definition) is 1. The minimum absolute atomic E-state index is 0.00106. The van der Waals surface area contributed by atoms with Gasteiger partial charge in [-0.25, -0.2) is 8.42 Å². The molecule has 2 atom stereocenters. The van der Waals surface area contributed by atoms with Gasteiger partial charge in [-0.1, -0.05) is 6.92 Å². The summed E-state index contributed by atoms with van der Waals surface area (Å²) in [6, 6.07) is 0.00106. The van der Waals surface area contributed by atoms with Crippen molar-refractivity contribution in [1.29, 1.82) is 0 Å². The Morgan fingerprint density at radius 3 is 2.53 bits per heavy atom. The molecule has 1 aliphatic heterocycles. The highest BCUT2D eigenvalue weighted by atomic mass is 32.2. The van der Waals surface area contributed by atoms with Crippen LogP contribution in [0.15, 0.2) is 0 Å². The first kappa shape index (κ1) is 12.9. The third kappa shape index (κ3) is 2.71. The van der Waals surface area contributed by atoms with Gasteiger partial charge in [-0.15, -0.1) is 0 Å². The monoisotopic (exact) mass is 234 g/mol. The lowest BCUT2D eigenvalue weighted by Crippen LogP contribution is -2.51. The molecule has 0 aromatic heterocycles. The summed E-state index contributed by atoms with van der Waals surface area (Å²) in [5.41, 5.74) is 5.65. The summed E-state index contributed by atoms with van der Waals surface area (Å²) in [5, 5.41) is -0.347. The molecule has 15 heavy (non-hydrogen) atoms. The van der Waals surface area contributed by atoms with Crippen LogP contribution in [0.5, 0.6) is 0 Å². The minimum Gasteiger partial charge on any atom is -0.329 e. The van der Waals surface area contributed by atoms with E-state index in [-0.39, 0.29) is 11.3 Å². The lowest BCUT2D eigenvalue weighted by Gasteiger charge is -2.37. The molecule has 2 N–H and O–H groups in total. The third-order valence-electron chi connectivity index (χ3n) is 3.12. The van der Waals surface area contributed by atoms with Gasteiger partial charge in [0.15, 0.2) is 0 Å². The standard InChI is InChI=1S/C10H22N2O2S/c1-8(2)15(13,14)12-5-4-9(3)6-10(12)7-11/h8-10H,4-7,11H2,1-3H3. The molecule has 5 heteroatoms. The van der Waals surface area contributed by atoms with Crippen molar-refractivity contribution in [3.05, 3.63) is 0 Å². The van der Waals surface area contributed by atoms with Crippen LogP contribution >= 0.6 is 0 Å². The molecule has 1 aliphatic rings. The van der Waals surface area contributed by atoms with Crippen LogP contribution < -0.4 is 5.73 Å². The van der Waals surface area contributed by atoms with Crippen molar-refractivity contribution in [3.63, 3.8) is 0 Å². The fourth-order valence-electron chi connectivity index (χ4n) is 2.05. The maximum Gasteiger partial charge on any atom is 0.216 e. The Labute approximate surface area is 92.9 Å². The van der Waals surface area contributed by atoms with Gasteiger partial charge in [0.2, 0.25) is 10.0 Å². The summed E-state index contributed by atoms with van der Waals surface area (Å²) < 4.78 is 25.7. The third-order valence-corrected chi connectivity index (χ3v) is 5.44. The fourth-order valence-corrected chi connectivity index (χ4v) is 3.54. The van der Waals surface area contributed by atoms with Crippen LogP contribution in [0, 0.1) is 5.92 Å². The van der Waals surface area contributed by atoms with Crippen LogP contribution in [0.4, 0.5) is 0 Å². The second kappa shape index (κ2) is 4.80. The van der Waals surface area contributed by atoms with Crippen LogP contribution in [-0.4, -0.2) is 37.1 Å². The lowest BCUT2D eigenvalue weighted by molar-refractivity contribution is 0.210. The molecule has 2 unspecified atom stereocenters. The van der Waals surface area contributed by atoms with Gasteiger partial charge in [-0.05, 0) is 32.6 Å². The van der Waals surface area contributed by atoms with Gasteiger partial charge in [0.05, 0.1) is 5.25 Å². The highest BCUT2D eigenvalue weighted by molar-refractivity contribution is 7.89. The van der Waals surface area contributed by atoms with Gasteiger partial charge in [-0.3, -0.25) is 0 Å². The molecule has 0 aliphatic carbocycles. The first-order valence-electron chi connectivity index (χ1n) is 5.60. The van der Waals surface area contributed by atoms with E-state index in [4.69, 9.17) is 5.73 Å². The summed E-state index contributed by atoms with van der Waals surface area (Å²) in [6.45, 7) is 6.66. The van der Waals surface area contributed by atoms with E-state index < -0.39 is 10.0 Å². The first-order valence-corrected chi connectivity index (χ1v) is 7.10. The Balaban J connectivity index is 2.85. The van der Waals surface area contributed by atoms with Crippen molar-refractivity contribution in [1.82, 2.24) is 4.31 Å². The molecule has 4 nitrogen and oxygen atoms in total. The maximum absolute atomic E-state index is 12.0. The molecule has 0 radical (unpaired) electrons. The number of hydrogen-bond acceptors (Lipinski definition) is 3. The zero-order chi connectivity index (χ0) is 11.6. The van der Waals surface area contributed by atoms with E-state index in [0.29, 0.717) is 19.0 Å². The number of rotatable bonds is 3. The Morgan fingerprint density at radius 1 is 1.47 bits per heavy atom. The van der Waals surface area contributed by atoms with E-state index in [1.165, 1.54) is 0 Å².